The number of hydrogen-bond donors (Lipinski definition) is 0. The summed E-state index contributed by atoms with van der Waals surface area (Å²) >= 11 is 0. The third-order valence-corrected chi connectivity index (χ3v) is 3.57. The van der Waals surface area contributed by atoms with E-state index in [0.717, 1.165) is 35.5 Å². The van der Waals surface area contributed by atoms with Gasteiger partial charge in [0.05, 0.1) is 5.69 Å². The Labute approximate surface area is 122 Å². The van der Waals surface area contributed by atoms with E-state index in [1.807, 2.05) is 29.1 Å². The Balaban J connectivity index is 1.94. The lowest BCUT2D eigenvalue weighted by Crippen LogP contribution is -2.06. The van der Waals surface area contributed by atoms with E-state index in [1.165, 1.54) is 5.69 Å². The lowest BCUT2D eigenvalue weighted by atomic mass is 10.00. The summed E-state index contributed by atoms with van der Waals surface area (Å²) in [6, 6.07) is 5.83. The van der Waals surface area contributed by atoms with Gasteiger partial charge in [-0.25, -0.2) is 14.6 Å². The standard InChI is InChI=1S/C16H13N5/c1-2-6-14-13(5-1)16(12-4-3-8-17-10-12)20-21(14)15-7-9-18-11-19-15/h1,3-5,7-11H,2,6H2. The Morgan fingerprint density at radius 1 is 1.10 bits per heavy atom. The van der Waals surface area contributed by atoms with E-state index in [1.54, 1.807) is 18.7 Å². The molecule has 5 heteroatoms. The average molecular weight is 275 g/mol. The molecule has 0 spiro atoms. The maximum atomic E-state index is 4.77. The monoisotopic (exact) mass is 275 g/mol. The highest BCUT2D eigenvalue weighted by Crippen LogP contribution is 2.31. The van der Waals surface area contributed by atoms with Crippen molar-refractivity contribution >= 4 is 6.08 Å². The summed E-state index contributed by atoms with van der Waals surface area (Å²) in [7, 11) is 0. The molecular formula is C16H13N5. The first-order chi connectivity index (χ1) is 10.4. The highest BCUT2D eigenvalue weighted by atomic mass is 15.3. The molecule has 102 valence electrons. The molecule has 0 aliphatic heterocycles. The van der Waals surface area contributed by atoms with Crippen LogP contribution >= 0.6 is 0 Å². The van der Waals surface area contributed by atoms with Gasteiger partial charge in [-0.05, 0) is 25.0 Å². The van der Waals surface area contributed by atoms with Gasteiger partial charge >= 0.3 is 0 Å². The highest BCUT2D eigenvalue weighted by molar-refractivity contribution is 5.74. The molecule has 0 saturated carbocycles. The van der Waals surface area contributed by atoms with Crippen molar-refractivity contribution in [2.45, 2.75) is 12.8 Å². The molecule has 3 aromatic rings. The van der Waals surface area contributed by atoms with Crippen molar-refractivity contribution in [3.8, 4) is 17.1 Å². The Morgan fingerprint density at radius 3 is 2.90 bits per heavy atom. The number of fused-ring (bicyclic) bond motifs is 1. The van der Waals surface area contributed by atoms with Crippen molar-refractivity contribution in [2.24, 2.45) is 0 Å². The van der Waals surface area contributed by atoms with Crippen molar-refractivity contribution in [1.82, 2.24) is 24.7 Å². The Hall–Kier alpha value is -2.82. The van der Waals surface area contributed by atoms with Gasteiger partial charge in [0.15, 0.2) is 5.82 Å². The van der Waals surface area contributed by atoms with Crippen LogP contribution in [0, 0.1) is 0 Å². The lowest BCUT2D eigenvalue weighted by Gasteiger charge is -2.09. The predicted octanol–water partition coefficient (Wildman–Crippen LogP) is 2.68. The van der Waals surface area contributed by atoms with E-state index in [2.05, 4.69) is 27.1 Å². The molecule has 3 aromatic heterocycles. The van der Waals surface area contributed by atoms with Crippen LogP contribution in [0.1, 0.15) is 17.7 Å². The second-order valence-electron chi connectivity index (χ2n) is 4.87. The van der Waals surface area contributed by atoms with Crippen LogP contribution in [-0.2, 0) is 6.42 Å². The zero-order chi connectivity index (χ0) is 14.1. The van der Waals surface area contributed by atoms with E-state index < -0.39 is 0 Å². The summed E-state index contributed by atoms with van der Waals surface area (Å²) in [4.78, 5) is 12.5. The fraction of sp³-hybridized carbons (Fsp3) is 0.125. The fourth-order valence-electron chi connectivity index (χ4n) is 2.62. The van der Waals surface area contributed by atoms with Crippen LogP contribution in [-0.4, -0.2) is 24.7 Å². The van der Waals surface area contributed by atoms with Crippen molar-refractivity contribution < 1.29 is 0 Å². The molecule has 0 unspecified atom stereocenters. The summed E-state index contributed by atoms with van der Waals surface area (Å²) in [5.74, 6) is 0.798. The SMILES string of the molecule is C1=Cc2c(-c3cccnc3)nn(-c3ccncn3)c2CC1. The van der Waals surface area contributed by atoms with Crippen molar-refractivity contribution in [2.75, 3.05) is 0 Å². The largest absolute Gasteiger partial charge is 0.264 e. The Bertz CT molecular complexity index is 790. The fourth-order valence-corrected chi connectivity index (χ4v) is 2.62. The van der Waals surface area contributed by atoms with E-state index >= 15 is 0 Å². The van der Waals surface area contributed by atoms with Gasteiger partial charge in [-0.1, -0.05) is 12.2 Å². The van der Waals surface area contributed by atoms with Gasteiger partial charge in [-0.3, -0.25) is 4.98 Å². The third-order valence-electron chi connectivity index (χ3n) is 3.57. The molecule has 1 aliphatic carbocycles. The molecule has 5 nitrogen and oxygen atoms in total. The van der Waals surface area contributed by atoms with Crippen LogP contribution in [0.2, 0.25) is 0 Å². The van der Waals surface area contributed by atoms with E-state index in [-0.39, 0.29) is 0 Å². The molecule has 21 heavy (non-hydrogen) atoms. The Morgan fingerprint density at radius 2 is 2.10 bits per heavy atom. The van der Waals surface area contributed by atoms with E-state index in [4.69, 9.17) is 5.10 Å². The molecular weight excluding hydrogens is 262 g/mol. The van der Waals surface area contributed by atoms with Crippen LogP contribution in [0.5, 0.6) is 0 Å². The van der Waals surface area contributed by atoms with Gasteiger partial charge in [0.2, 0.25) is 0 Å². The lowest BCUT2D eigenvalue weighted by molar-refractivity contribution is 0.767. The number of aromatic nitrogens is 5. The first-order valence-corrected chi connectivity index (χ1v) is 6.89. The Kier molecular flexibility index (Phi) is 2.81. The van der Waals surface area contributed by atoms with Crippen molar-refractivity contribution in [3.63, 3.8) is 0 Å². The van der Waals surface area contributed by atoms with Crippen molar-refractivity contribution in [3.05, 3.63) is 60.5 Å². The van der Waals surface area contributed by atoms with E-state index in [9.17, 15) is 0 Å². The smallest absolute Gasteiger partial charge is 0.157 e. The van der Waals surface area contributed by atoms with Gasteiger partial charge < -0.3 is 0 Å². The summed E-state index contributed by atoms with van der Waals surface area (Å²) in [6.07, 6.45) is 13.2. The molecule has 0 radical (unpaired) electrons. The topological polar surface area (TPSA) is 56.5 Å². The summed E-state index contributed by atoms with van der Waals surface area (Å²) in [5, 5.41) is 4.77. The second kappa shape index (κ2) is 4.94. The van der Waals surface area contributed by atoms with Crippen LogP contribution in [0.4, 0.5) is 0 Å². The molecule has 0 fully saturated rings. The first kappa shape index (κ1) is 12.0. The number of allylic oxidation sites excluding steroid dienone is 1. The molecule has 1 aliphatic rings. The molecule has 0 N–H and O–H groups in total. The van der Waals surface area contributed by atoms with Crippen LogP contribution in [0.25, 0.3) is 23.2 Å². The van der Waals surface area contributed by atoms with Gasteiger partial charge in [0.25, 0.3) is 0 Å². The second-order valence-corrected chi connectivity index (χ2v) is 4.87. The minimum absolute atomic E-state index is 0.798. The zero-order valence-electron chi connectivity index (χ0n) is 11.3. The normalized spacial score (nSPS) is 13.1. The van der Waals surface area contributed by atoms with Gasteiger partial charge in [0.1, 0.15) is 12.0 Å². The maximum Gasteiger partial charge on any atom is 0.157 e. The predicted molar refractivity (Wildman–Crippen MR) is 79.7 cm³/mol. The molecule has 0 saturated heterocycles. The average Bonchev–Trinajstić information content (AvgIpc) is 2.96. The molecule has 0 amide bonds. The minimum Gasteiger partial charge on any atom is -0.264 e. The number of rotatable bonds is 2. The molecule has 3 heterocycles. The molecule has 0 bridgehead atoms. The van der Waals surface area contributed by atoms with Crippen LogP contribution < -0.4 is 0 Å². The zero-order valence-corrected chi connectivity index (χ0v) is 11.3. The number of hydrogen-bond acceptors (Lipinski definition) is 4. The quantitative estimate of drug-likeness (QED) is 0.721. The summed E-state index contributed by atoms with van der Waals surface area (Å²) in [5.41, 5.74) is 4.32. The molecule has 4 rings (SSSR count). The molecule has 0 aromatic carbocycles. The third kappa shape index (κ3) is 2.03. The molecule has 0 atom stereocenters. The summed E-state index contributed by atoms with van der Waals surface area (Å²) in [6.45, 7) is 0. The minimum atomic E-state index is 0.798. The van der Waals surface area contributed by atoms with E-state index in [0.29, 0.717) is 0 Å². The maximum absolute atomic E-state index is 4.77. The van der Waals surface area contributed by atoms with Crippen LogP contribution in [0.15, 0.2) is 49.2 Å². The number of pyridine rings is 1. The highest BCUT2D eigenvalue weighted by Gasteiger charge is 2.20. The van der Waals surface area contributed by atoms with Crippen molar-refractivity contribution in [1.29, 1.82) is 0 Å². The van der Waals surface area contributed by atoms with Crippen LogP contribution in [0.3, 0.4) is 0 Å². The summed E-state index contributed by atoms with van der Waals surface area (Å²) < 4.78 is 1.92. The van der Waals surface area contributed by atoms with Gasteiger partial charge in [-0.15, -0.1) is 0 Å². The first-order valence-electron chi connectivity index (χ1n) is 6.89. The van der Waals surface area contributed by atoms with Gasteiger partial charge in [-0.2, -0.15) is 5.10 Å². The number of nitrogens with zero attached hydrogens (tertiary/aromatic N) is 5. The van der Waals surface area contributed by atoms with Gasteiger partial charge in [0, 0.05) is 35.8 Å².